The van der Waals surface area contributed by atoms with Crippen molar-refractivity contribution in [1.29, 1.82) is 0 Å². The van der Waals surface area contributed by atoms with Gasteiger partial charge in [-0.25, -0.2) is 0 Å². The summed E-state index contributed by atoms with van der Waals surface area (Å²) in [6.07, 6.45) is 1.37. The molecule has 0 unspecified atom stereocenters. The van der Waals surface area contributed by atoms with Gasteiger partial charge in [-0.05, 0) is 12.1 Å². The van der Waals surface area contributed by atoms with Gasteiger partial charge in [-0.15, -0.1) is 0 Å². The highest BCUT2D eigenvalue weighted by molar-refractivity contribution is 6.14. The van der Waals surface area contributed by atoms with Crippen molar-refractivity contribution >= 4 is 11.7 Å². The number of amides is 1. The van der Waals surface area contributed by atoms with E-state index in [-0.39, 0.29) is 23.8 Å². The van der Waals surface area contributed by atoms with Crippen LogP contribution in [0.1, 0.15) is 12.0 Å². The largest absolute Gasteiger partial charge is 0.322 e. The third-order valence-electron chi connectivity index (χ3n) is 2.10. The molecule has 1 aliphatic heterocycles. The number of nitrogens with one attached hydrogen (secondary N) is 1. The molecule has 0 bridgehead atoms. The minimum absolute atomic E-state index is 0.0706. The van der Waals surface area contributed by atoms with Crippen molar-refractivity contribution in [3.63, 3.8) is 0 Å². The molecule has 0 spiro atoms. The summed E-state index contributed by atoms with van der Waals surface area (Å²) in [6.45, 7) is 0. The third kappa shape index (κ3) is 2.37. The lowest BCUT2D eigenvalue weighted by Crippen LogP contribution is -2.12. The molecule has 1 fully saturated rings. The SMILES string of the molecule is O=C1CC(=O)/C(=C\C#Cc2ccccc2)N1. The lowest BCUT2D eigenvalue weighted by atomic mass is 10.2. The topological polar surface area (TPSA) is 46.2 Å². The van der Waals surface area contributed by atoms with Gasteiger partial charge < -0.3 is 5.32 Å². The summed E-state index contributed by atoms with van der Waals surface area (Å²) in [7, 11) is 0. The number of carbonyl (C=O) groups is 2. The maximum Gasteiger partial charge on any atom is 0.232 e. The molecule has 0 saturated carbocycles. The van der Waals surface area contributed by atoms with Crippen molar-refractivity contribution in [1.82, 2.24) is 5.32 Å². The van der Waals surface area contributed by atoms with Gasteiger partial charge in [-0.2, -0.15) is 0 Å². The molecule has 78 valence electrons. The van der Waals surface area contributed by atoms with E-state index < -0.39 is 0 Å². The van der Waals surface area contributed by atoms with Gasteiger partial charge in [0.05, 0.1) is 12.1 Å². The lowest BCUT2D eigenvalue weighted by Gasteiger charge is -1.89. The third-order valence-corrected chi connectivity index (χ3v) is 2.10. The van der Waals surface area contributed by atoms with Crippen molar-refractivity contribution in [2.45, 2.75) is 6.42 Å². The van der Waals surface area contributed by atoms with E-state index in [1.165, 1.54) is 6.08 Å². The van der Waals surface area contributed by atoms with Gasteiger partial charge in [0.25, 0.3) is 0 Å². The Morgan fingerprint density at radius 2 is 1.94 bits per heavy atom. The fourth-order valence-electron chi connectivity index (χ4n) is 1.33. The van der Waals surface area contributed by atoms with Gasteiger partial charge >= 0.3 is 0 Å². The van der Waals surface area contributed by atoms with Gasteiger partial charge in [0.15, 0.2) is 5.78 Å². The first-order valence-corrected chi connectivity index (χ1v) is 4.85. The lowest BCUT2D eigenvalue weighted by molar-refractivity contribution is -0.121. The van der Waals surface area contributed by atoms with Gasteiger partial charge in [-0.1, -0.05) is 30.0 Å². The summed E-state index contributed by atoms with van der Waals surface area (Å²) in [6, 6.07) is 9.44. The van der Waals surface area contributed by atoms with Crippen LogP contribution in [0.3, 0.4) is 0 Å². The summed E-state index contributed by atoms with van der Waals surface area (Å²) < 4.78 is 0. The molecular formula is C13H9NO2. The fourth-order valence-corrected chi connectivity index (χ4v) is 1.33. The number of ketones is 1. The van der Waals surface area contributed by atoms with Crippen LogP contribution in [0.15, 0.2) is 42.1 Å². The first-order chi connectivity index (χ1) is 7.75. The van der Waals surface area contributed by atoms with Crippen LogP contribution in [0.5, 0.6) is 0 Å². The van der Waals surface area contributed by atoms with E-state index in [1.807, 2.05) is 30.3 Å². The summed E-state index contributed by atoms with van der Waals surface area (Å²) in [5, 5.41) is 2.46. The standard InChI is InChI=1S/C13H9NO2/c15-12-9-13(16)14-11(12)8-4-7-10-5-2-1-3-6-10/h1-3,5-6,8H,9H2,(H,14,16)/b11-8+. The second kappa shape index (κ2) is 4.45. The highest BCUT2D eigenvalue weighted by Gasteiger charge is 2.23. The van der Waals surface area contributed by atoms with E-state index in [9.17, 15) is 9.59 Å². The Balaban J connectivity index is 2.13. The molecule has 3 heteroatoms. The van der Waals surface area contributed by atoms with Gasteiger partial charge in [0, 0.05) is 11.6 Å². The summed E-state index contributed by atoms with van der Waals surface area (Å²) in [5.74, 6) is 5.16. The van der Waals surface area contributed by atoms with Crippen LogP contribution in [0.4, 0.5) is 0 Å². The molecule has 3 nitrogen and oxygen atoms in total. The zero-order valence-electron chi connectivity index (χ0n) is 8.49. The highest BCUT2D eigenvalue weighted by Crippen LogP contribution is 2.04. The number of carbonyl (C=O) groups excluding carboxylic acids is 2. The number of benzene rings is 1. The van der Waals surface area contributed by atoms with E-state index in [0.29, 0.717) is 0 Å². The smallest absolute Gasteiger partial charge is 0.232 e. The average Bonchev–Trinajstić information content (AvgIpc) is 2.59. The van der Waals surface area contributed by atoms with Crippen LogP contribution >= 0.6 is 0 Å². The van der Waals surface area contributed by atoms with Crippen LogP contribution in [-0.2, 0) is 9.59 Å². The average molecular weight is 211 g/mol. The molecule has 1 aliphatic rings. The van der Waals surface area contributed by atoms with Crippen LogP contribution < -0.4 is 5.32 Å². The minimum atomic E-state index is -0.266. The first kappa shape index (κ1) is 10.2. The van der Waals surface area contributed by atoms with Crippen molar-refractivity contribution in [3.8, 4) is 11.8 Å². The zero-order chi connectivity index (χ0) is 11.4. The quantitative estimate of drug-likeness (QED) is 0.395. The maximum atomic E-state index is 11.2. The Labute approximate surface area is 93.2 Å². The molecule has 16 heavy (non-hydrogen) atoms. The molecule has 1 aromatic rings. The molecule has 0 radical (unpaired) electrons. The van der Waals surface area contributed by atoms with Crippen LogP contribution in [-0.4, -0.2) is 11.7 Å². The van der Waals surface area contributed by atoms with Gasteiger partial charge in [-0.3, -0.25) is 9.59 Å². The van der Waals surface area contributed by atoms with Gasteiger partial charge in [0.2, 0.25) is 5.91 Å². The molecule has 2 rings (SSSR count). The second-order valence-corrected chi connectivity index (χ2v) is 3.34. The summed E-state index contributed by atoms with van der Waals surface area (Å²) >= 11 is 0. The van der Waals surface area contributed by atoms with Crippen molar-refractivity contribution in [2.75, 3.05) is 0 Å². The molecule has 1 heterocycles. The number of allylic oxidation sites excluding steroid dienone is 2. The maximum absolute atomic E-state index is 11.2. The van der Waals surface area contributed by atoms with Crippen LogP contribution in [0, 0.1) is 11.8 Å². The molecule has 0 atom stereocenters. The minimum Gasteiger partial charge on any atom is -0.322 e. The predicted octanol–water partition coefficient (Wildman–Crippen LogP) is 1.01. The van der Waals surface area contributed by atoms with E-state index in [4.69, 9.17) is 0 Å². The monoisotopic (exact) mass is 211 g/mol. The second-order valence-electron chi connectivity index (χ2n) is 3.34. The Bertz CT molecular complexity index is 518. The zero-order valence-corrected chi connectivity index (χ0v) is 8.49. The fraction of sp³-hybridized carbons (Fsp3) is 0.0769. The number of hydrogen-bond donors (Lipinski definition) is 1. The summed E-state index contributed by atoms with van der Waals surface area (Å²) in [4.78, 5) is 22.1. The Morgan fingerprint density at radius 1 is 1.19 bits per heavy atom. The molecule has 0 aromatic heterocycles. The molecule has 1 saturated heterocycles. The Kier molecular flexibility index (Phi) is 2.84. The van der Waals surface area contributed by atoms with E-state index in [1.54, 1.807) is 0 Å². The molecule has 1 amide bonds. The first-order valence-electron chi connectivity index (χ1n) is 4.85. The van der Waals surface area contributed by atoms with E-state index >= 15 is 0 Å². The van der Waals surface area contributed by atoms with Gasteiger partial charge in [0.1, 0.15) is 0 Å². The highest BCUT2D eigenvalue weighted by atomic mass is 16.2. The molecule has 1 aromatic carbocycles. The molecule has 1 N–H and O–H groups in total. The number of hydrogen-bond acceptors (Lipinski definition) is 2. The van der Waals surface area contributed by atoms with E-state index in [2.05, 4.69) is 17.2 Å². The van der Waals surface area contributed by atoms with Crippen LogP contribution in [0.25, 0.3) is 0 Å². The van der Waals surface area contributed by atoms with Crippen LogP contribution in [0.2, 0.25) is 0 Å². The van der Waals surface area contributed by atoms with Crippen molar-refractivity contribution in [3.05, 3.63) is 47.7 Å². The predicted molar refractivity (Wildman–Crippen MR) is 59.2 cm³/mol. The normalized spacial score (nSPS) is 16.9. The Morgan fingerprint density at radius 3 is 2.56 bits per heavy atom. The number of Topliss-reactive ketones (excluding diaryl/α,β-unsaturated/α-hetero) is 1. The number of rotatable bonds is 0. The molecular weight excluding hydrogens is 202 g/mol. The Hall–Kier alpha value is -2.34. The molecule has 0 aliphatic carbocycles. The van der Waals surface area contributed by atoms with E-state index in [0.717, 1.165) is 5.56 Å². The van der Waals surface area contributed by atoms with Crippen molar-refractivity contribution < 1.29 is 9.59 Å². The van der Waals surface area contributed by atoms with Crippen molar-refractivity contribution in [2.24, 2.45) is 0 Å². The summed E-state index contributed by atoms with van der Waals surface area (Å²) in [5.41, 5.74) is 1.16.